The van der Waals surface area contributed by atoms with Crippen LogP contribution in [0, 0.1) is 20.8 Å². The predicted octanol–water partition coefficient (Wildman–Crippen LogP) is 6.67. The van der Waals surface area contributed by atoms with Crippen LogP contribution in [0.4, 0.5) is 0 Å². The maximum atomic E-state index is 6.25. The van der Waals surface area contributed by atoms with Gasteiger partial charge in [-0.15, -0.1) is 0 Å². The minimum atomic E-state index is 0.675. The van der Waals surface area contributed by atoms with E-state index >= 15 is 0 Å². The van der Waals surface area contributed by atoms with Crippen molar-refractivity contribution in [3.63, 3.8) is 0 Å². The lowest BCUT2D eigenvalue weighted by Crippen LogP contribution is -2.07. The van der Waals surface area contributed by atoms with Crippen LogP contribution in [0.15, 0.2) is 11.6 Å². The van der Waals surface area contributed by atoms with Crippen LogP contribution in [0.25, 0.3) is 0 Å². The number of ether oxygens (including phenoxy) is 4. The molecular weight excluding hydrogens is 376 g/mol. The largest absolute Gasteiger partial charge is 0.492 e. The molecule has 0 amide bonds. The molecule has 1 rings (SSSR count). The first-order valence-electron chi connectivity index (χ1n) is 11.3. The maximum Gasteiger partial charge on any atom is 0.203 e. The van der Waals surface area contributed by atoms with Crippen molar-refractivity contribution >= 4 is 0 Å². The quantitative estimate of drug-likeness (QED) is 0.281. The number of rotatable bonds is 16. The summed E-state index contributed by atoms with van der Waals surface area (Å²) in [7, 11) is 5.11. The van der Waals surface area contributed by atoms with Crippen molar-refractivity contribution in [1.82, 2.24) is 0 Å². The molecule has 0 bridgehead atoms. The van der Waals surface area contributed by atoms with Gasteiger partial charge in [-0.25, -0.2) is 0 Å². The fourth-order valence-corrected chi connectivity index (χ4v) is 3.65. The lowest BCUT2D eigenvalue weighted by atomic mass is 9.97. The molecule has 170 valence electrons. The number of allylic oxidation sites excluding steroid dienone is 2. The Balaban J connectivity index is 2.65. The highest BCUT2D eigenvalue weighted by Gasteiger charge is 2.22. The number of methoxy groups -OCH3 is 3. The van der Waals surface area contributed by atoms with E-state index in [2.05, 4.69) is 13.8 Å². The number of unbranched alkanes of at least 4 members (excludes halogenated alkanes) is 7. The van der Waals surface area contributed by atoms with Crippen LogP contribution >= 0.6 is 0 Å². The molecule has 4 heteroatoms. The molecule has 0 heterocycles. The summed E-state index contributed by atoms with van der Waals surface area (Å²) >= 11 is 0. The van der Waals surface area contributed by atoms with Gasteiger partial charge in [0.1, 0.15) is 0 Å². The SMILES string of the molecule is [CH]/C(C)=C/Cc1c(C)c(C)c(OC)c(OC)c1OCCCCCCCCCCOC. The minimum Gasteiger partial charge on any atom is -0.492 e. The highest BCUT2D eigenvalue weighted by atomic mass is 16.5. The van der Waals surface area contributed by atoms with Gasteiger partial charge in [-0.1, -0.05) is 50.2 Å². The van der Waals surface area contributed by atoms with Crippen molar-refractivity contribution in [1.29, 1.82) is 0 Å². The zero-order valence-electron chi connectivity index (χ0n) is 20.1. The van der Waals surface area contributed by atoms with Crippen molar-refractivity contribution in [3.05, 3.63) is 35.3 Å². The molecule has 0 saturated carbocycles. The highest BCUT2D eigenvalue weighted by Crippen LogP contribution is 2.45. The maximum absolute atomic E-state index is 6.25. The lowest BCUT2D eigenvalue weighted by molar-refractivity contribution is 0.192. The second kappa shape index (κ2) is 15.2. The topological polar surface area (TPSA) is 36.9 Å². The molecule has 0 spiro atoms. The molecule has 0 unspecified atom stereocenters. The molecule has 1 aromatic rings. The zero-order valence-corrected chi connectivity index (χ0v) is 20.1. The average molecular weight is 419 g/mol. The van der Waals surface area contributed by atoms with E-state index in [0.717, 1.165) is 46.8 Å². The van der Waals surface area contributed by atoms with Gasteiger partial charge in [-0.05, 0) is 58.1 Å². The van der Waals surface area contributed by atoms with Crippen LogP contribution in [-0.4, -0.2) is 34.5 Å². The summed E-state index contributed by atoms with van der Waals surface area (Å²) in [6.07, 6.45) is 12.5. The van der Waals surface area contributed by atoms with Crippen LogP contribution in [0.3, 0.4) is 0 Å². The van der Waals surface area contributed by atoms with Crippen LogP contribution in [0.5, 0.6) is 17.2 Å². The Morgan fingerprint density at radius 2 is 1.27 bits per heavy atom. The van der Waals surface area contributed by atoms with E-state index in [-0.39, 0.29) is 0 Å². The summed E-state index contributed by atoms with van der Waals surface area (Å²) < 4.78 is 22.7. The number of benzene rings is 1. The van der Waals surface area contributed by atoms with Crippen molar-refractivity contribution in [2.24, 2.45) is 0 Å². The van der Waals surface area contributed by atoms with E-state index in [9.17, 15) is 0 Å². The summed E-state index contributed by atoms with van der Waals surface area (Å²) in [6, 6.07) is 0. The second-order valence-electron chi connectivity index (χ2n) is 7.95. The Morgan fingerprint density at radius 3 is 1.77 bits per heavy atom. The predicted molar refractivity (Wildman–Crippen MR) is 125 cm³/mol. The molecule has 0 atom stereocenters. The number of hydrogen-bond acceptors (Lipinski definition) is 4. The van der Waals surface area contributed by atoms with E-state index in [4.69, 9.17) is 25.9 Å². The van der Waals surface area contributed by atoms with Crippen LogP contribution in [0.1, 0.15) is 75.0 Å². The first-order valence-corrected chi connectivity index (χ1v) is 11.3. The van der Waals surface area contributed by atoms with Gasteiger partial charge in [0, 0.05) is 19.3 Å². The summed E-state index contributed by atoms with van der Waals surface area (Å²) in [5, 5.41) is 0. The number of hydrogen-bond donors (Lipinski definition) is 0. The van der Waals surface area contributed by atoms with Gasteiger partial charge in [-0.2, -0.15) is 0 Å². The lowest BCUT2D eigenvalue weighted by Gasteiger charge is -2.22. The Bertz CT molecular complexity index is 645. The smallest absolute Gasteiger partial charge is 0.203 e. The molecule has 0 fully saturated rings. The third-order valence-electron chi connectivity index (χ3n) is 5.57. The Hall–Kier alpha value is -1.68. The van der Waals surface area contributed by atoms with Gasteiger partial charge < -0.3 is 18.9 Å². The summed E-state index contributed by atoms with van der Waals surface area (Å²) in [6.45, 7) is 13.5. The van der Waals surface area contributed by atoms with E-state index in [1.807, 2.05) is 13.0 Å². The summed E-state index contributed by atoms with van der Waals surface area (Å²) in [5.41, 5.74) is 4.15. The van der Waals surface area contributed by atoms with Gasteiger partial charge >= 0.3 is 0 Å². The van der Waals surface area contributed by atoms with Gasteiger partial charge in [0.2, 0.25) is 5.75 Å². The molecule has 0 aliphatic heterocycles. The third kappa shape index (κ3) is 8.59. The van der Waals surface area contributed by atoms with Crippen LogP contribution in [-0.2, 0) is 11.2 Å². The van der Waals surface area contributed by atoms with Crippen LogP contribution < -0.4 is 14.2 Å². The van der Waals surface area contributed by atoms with E-state index in [0.29, 0.717) is 18.8 Å². The molecule has 0 N–H and O–H groups in total. The molecule has 4 nitrogen and oxygen atoms in total. The van der Waals surface area contributed by atoms with Crippen molar-refractivity contribution in [2.45, 2.75) is 78.6 Å². The third-order valence-corrected chi connectivity index (χ3v) is 5.57. The summed E-state index contributed by atoms with van der Waals surface area (Å²) in [5.74, 6) is 2.21. The fourth-order valence-electron chi connectivity index (χ4n) is 3.65. The first kappa shape index (κ1) is 26.4. The fraction of sp³-hybridized carbons (Fsp3) is 0.654. The Labute approximate surface area is 184 Å². The van der Waals surface area contributed by atoms with Crippen LogP contribution in [0.2, 0.25) is 0 Å². The molecular formula is C26H42O4. The minimum absolute atomic E-state index is 0.675. The second-order valence-corrected chi connectivity index (χ2v) is 7.95. The van der Waals surface area contributed by atoms with Gasteiger partial charge in [0.05, 0.1) is 20.8 Å². The normalized spacial score (nSPS) is 11.6. The van der Waals surface area contributed by atoms with Crippen molar-refractivity contribution in [3.8, 4) is 17.2 Å². The zero-order chi connectivity index (χ0) is 22.4. The van der Waals surface area contributed by atoms with E-state index < -0.39 is 0 Å². The highest BCUT2D eigenvalue weighted by molar-refractivity contribution is 5.63. The standard InChI is InChI=1S/C26H42O4/c1-20(2)16-17-23-21(3)22(4)24(28-6)26(29-7)25(23)30-19-15-13-11-9-8-10-12-14-18-27-5/h1,16H,8-15,17-19H2,2-7H3/b20-16-. The van der Waals surface area contributed by atoms with Gasteiger partial charge in [0.15, 0.2) is 11.5 Å². The monoisotopic (exact) mass is 418 g/mol. The first-order chi connectivity index (χ1) is 14.5. The Morgan fingerprint density at radius 1 is 0.733 bits per heavy atom. The van der Waals surface area contributed by atoms with Crippen molar-refractivity contribution < 1.29 is 18.9 Å². The van der Waals surface area contributed by atoms with E-state index in [1.165, 1.54) is 44.9 Å². The molecule has 0 aromatic heterocycles. The Kier molecular flexibility index (Phi) is 13.3. The molecule has 0 aliphatic rings. The summed E-state index contributed by atoms with van der Waals surface area (Å²) in [4.78, 5) is 0. The molecule has 30 heavy (non-hydrogen) atoms. The molecule has 2 radical (unpaired) electrons. The molecule has 0 aliphatic carbocycles. The molecule has 0 saturated heterocycles. The van der Waals surface area contributed by atoms with E-state index in [1.54, 1.807) is 21.3 Å². The van der Waals surface area contributed by atoms with Crippen molar-refractivity contribution in [2.75, 3.05) is 34.5 Å². The van der Waals surface area contributed by atoms with Gasteiger partial charge in [-0.3, -0.25) is 0 Å². The van der Waals surface area contributed by atoms with Gasteiger partial charge in [0.25, 0.3) is 0 Å². The average Bonchev–Trinajstić information content (AvgIpc) is 2.73. The molecule has 1 aromatic carbocycles.